The number of carbonyl (C=O) groups is 1. The molecule has 1 aliphatic rings. The SMILES string of the molecule is CCC(=O)Cc1nc(C2CC2)[nH]c(=O)c1C. The molecule has 4 heteroatoms. The molecule has 1 saturated carbocycles. The maximum Gasteiger partial charge on any atom is 0.254 e. The minimum absolute atomic E-state index is 0.101. The molecule has 0 bridgehead atoms. The summed E-state index contributed by atoms with van der Waals surface area (Å²) < 4.78 is 0. The first-order chi connectivity index (χ1) is 7.61. The summed E-state index contributed by atoms with van der Waals surface area (Å²) in [5, 5.41) is 0. The summed E-state index contributed by atoms with van der Waals surface area (Å²) >= 11 is 0. The van der Waals surface area contributed by atoms with Crippen LogP contribution in [0.5, 0.6) is 0 Å². The molecule has 1 aromatic heterocycles. The predicted octanol–water partition coefficient (Wildman–Crippen LogP) is 1.48. The molecule has 0 saturated heterocycles. The Balaban J connectivity index is 2.34. The van der Waals surface area contributed by atoms with E-state index in [1.165, 1.54) is 0 Å². The molecular formula is C12H16N2O2. The minimum atomic E-state index is -0.101. The first-order valence-corrected chi connectivity index (χ1v) is 5.73. The molecule has 0 aromatic carbocycles. The number of Topliss-reactive ketones (excluding diaryl/α,β-unsaturated/α-hetero) is 1. The number of nitrogens with one attached hydrogen (secondary N) is 1. The average Bonchev–Trinajstić information content (AvgIpc) is 3.07. The number of nitrogens with zero attached hydrogens (tertiary/aromatic N) is 1. The van der Waals surface area contributed by atoms with Gasteiger partial charge in [-0.3, -0.25) is 9.59 Å². The van der Waals surface area contributed by atoms with Gasteiger partial charge in [0, 0.05) is 24.3 Å². The standard InChI is InChI=1S/C12H16N2O2/c1-3-9(15)6-10-7(2)12(16)14-11(13-10)8-4-5-8/h8H,3-6H2,1-2H3,(H,13,14,16). The van der Waals surface area contributed by atoms with Crippen LogP contribution in [0.25, 0.3) is 0 Å². The van der Waals surface area contributed by atoms with Crippen molar-refractivity contribution in [3.05, 3.63) is 27.4 Å². The Hall–Kier alpha value is -1.45. The molecule has 1 N–H and O–H groups in total. The Morgan fingerprint density at radius 2 is 2.19 bits per heavy atom. The highest BCUT2D eigenvalue weighted by atomic mass is 16.1. The van der Waals surface area contributed by atoms with Crippen molar-refractivity contribution in [3.8, 4) is 0 Å². The summed E-state index contributed by atoms with van der Waals surface area (Å²) in [6, 6.07) is 0. The van der Waals surface area contributed by atoms with Crippen LogP contribution in [-0.2, 0) is 11.2 Å². The van der Waals surface area contributed by atoms with Gasteiger partial charge < -0.3 is 4.98 Å². The highest BCUT2D eigenvalue weighted by Gasteiger charge is 2.27. The van der Waals surface area contributed by atoms with Gasteiger partial charge in [-0.15, -0.1) is 0 Å². The van der Waals surface area contributed by atoms with Gasteiger partial charge in [-0.2, -0.15) is 0 Å². The first-order valence-electron chi connectivity index (χ1n) is 5.73. The quantitative estimate of drug-likeness (QED) is 0.835. The Morgan fingerprint density at radius 3 is 2.75 bits per heavy atom. The second-order valence-corrected chi connectivity index (χ2v) is 4.37. The zero-order chi connectivity index (χ0) is 11.7. The van der Waals surface area contributed by atoms with E-state index in [0.717, 1.165) is 18.7 Å². The molecule has 1 aromatic rings. The van der Waals surface area contributed by atoms with Crippen molar-refractivity contribution in [1.29, 1.82) is 0 Å². The van der Waals surface area contributed by atoms with E-state index in [1.807, 2.05) is 6.92 Å². The fourth-order valence-electron chi connectivity index (χ4n) is 1.63. The molecule has 86 valence electrons. The van der Waals surface area contributed by atoms with Gasteiger partial charge in [-0.1, -0.05) is 6.92 Å². The molecule has 0 spiro atoms. The fraction of sp³-hybridized carbons (Fsp3) is 0.583. The zero-order valence-corrected chi connectivity index (χ0v) is 9.67. The molecule has 0 aliphatic heterocycles. The lowest BCUT2D eigenvalue weighted by Gasteiger charge is -2.05. The van der Waals surface area contributed by atoms with E-state index in [1.54, 1.807) is 6.92 Å². The summed E-state index contributed by atoms with van der Waals surface area (Å²) in [5.74, 6) is 1.29. The van der Waals surface area contributed by atoms with E-state index in [-0.39, 0.29) is 17.8 Å². The lowest BCUT2D eigenvalue weighted by Crippen LogP contribution is -2.19. The van der Waals surface area contributed by atoms with Crippen LogP contribution in [-0.4, -0.2) is 15.8 Å². The molecule has 4 nitrogen and oxygen atoms in total. The maximum atomic E-state index is 11.7. The molecule has 1 heterocycles. The normalized spacial score (nSPS) is 15.1. The Bertz CT molecular complexity index is 472. The summed E-state index contributed by atoms with van der Waals surface area (Å²) in [4.78, 5) is 30.2. The van der Waals surface area contributed by atoms with Crippen LogP contribution in [0.15, 0.2) is 4.79 Å². The van der Waals surface area contributed by atoms with E-state index in [0.29, 0.717) is 23.6 Å². The van der Waals surface area contributed by atoms with E-state index in [2.05, 4.69) is 9.97 Å². The van der Waals surface area contributed by atoms with Crippen molar-refractivity contribution in [1.82, 2.24) is 9.97 Å². The van der Waals surface area contributed by atoms with Crippen molar-refractivity contribution >= 4 is 5.78 Å². The van der Waals surface area contributed by atoms with E-state index >= 15 is 0 Å². The van der Waals surface area contributed by atoms with E-state index in [9.17, 15) is 9.59 Å². The second-order valence-electron chi connectivity index (χ2n) is 4.37. The van der Waals surface area contributed by atoms with Gasteiger partial charge in [-0.25, -0.2) is 4.98 Å². The maximum absolute atomic E-state index is 11.7. The number of ketones is 1. The van der Waals surface area contributed by atoms with Gasteiger partial charge in [0.1, 0.15) is 11.6 Å². The lowest BCUT2D eigenvalue weighted by molar-refractivity contribution is -0.118. The van der Waals surface area contributed by atoms with Crippen LogP contribution in [0.1, 0.15) is 49.2 Å². The summed E-state index contributed by atoms with van der Waals surface area (Å²) in [6.07, 6.45) is 2.96. The molecule has 1 fully saturated rings. The van der Waals surface area contributed by atoms with Gasteiger partial charge >= 0.3 is 0 Å². The largest absolute Gasteiger partial charge is 0.310 e. The number of carbonyl (C=O) groups excluding carboxylic acids is 1. The Labute approximate surface area is 94.1 Å². The van der Waals surface area contributed by atoms with Gasteiger partial charge in [-0.05, 0) is 19.8 Å². The number of aromatic amines is 1. The molecule has 1 aliphatic carbocycles. The molecule has 0 amide bonds. The van der Waals surface area contributed by atoms with Gasteiger partial charge in [0.25, 0.3) is 5.56 Å². The number of hydrogen-bond acceptors (Lipinski definition) is 3. The monoisotopic (exact) mass is 220 g/mol. The first kappa shape index (κ1) is 11.0. The third-order valence-electron chi connectivity index (χ3n) is 2.99. The zero-order valence-electron chi connectivity index (χ0n) is 9.67. The summed E-state index contributed by atoms with van der Waals surface area (Å²) in [7, 11) is 0. The summed E-state index contributed by atoms with van der Waals surface area (Å²) in [5.41, 5.74) is 1.12. The van der Waals surface area contributed by atoms with Gasteiger partial charge in [0.2, 0.25) is 0 Å². The van der Waals surface area contributed by atoms with Crippen molar-refractivity contribution in [2.24, 2.45) is 0 Å². The number of H-pyrrole nitrogens is 1. The number of aromatic nitrogens is 2. The fourth-order valence-corrected chi connectivity index (χ4v) is 1.63. The third kappa shape index (κ3) is 2.21. The van der Waals surface area contributed by atoms with Crippen LogP contribution in [0, 0.1) is 6.92 Å². The summed E-state index contributed by atoms with van der Waals surface area (Å²) in [6.45, 7) is 3.55. The minimum Gasteiger partial charge on any atom is -0.310 e. The highest BCUT2D eigenvalue weighted by molar-refractivity contribution is 5.80. The molecule has 0 atom stereocenters. The van der Waals surface area contributed by atoms with Crippen LogP contribution in [0.3, 0.4) is 0 Å². The third-order valence-corrected chi connectivity index (χ3v) is 2.99. The lowest BCUT2D eigenvalue weighted by atomic mass is 10.1. The molecular weight excluding hydrogens is 204 g/mol. The molecule has 16 heavy (non-hydrogen) atoms. The molecule has 2 rings (SSSR count). The van der Waals surface area contributed by atoms with Crippen LogP contribution >= 0.6 is 0 Å². The smallest absolute Gasteiger partial charge is 0.254 e. The topological polar surface area (TPSA) is 62.8 Å². The Morgan fingerprint density at radius 1 is 1.50 bits per heavy atom. The second kappa shape index (κ2) is 4.20. The van der Waals surface area contributed by atoms with Gasteiger partial charge in [0.15, 0.2) is 0 Å². The van der Waals surface area contributed by atoms with Crippen molar-refractivity contribution < 1.29 is 4.79 Å². The van der Waals surface area contributed by atoms with Crippen molar-refractivity contribution in [2.45, 2.75) is 45.4 Å². The van der Waals surface area contributed by atoms with E-state index < -0.39 is 0 Å². The van der Waals surface area contributed by atoms with Crippen LogP contribution in [0.2, 0.25) is 0 Å². The highest BCUT2D eigenvalue weighted by Crippen LogP contribution is 2.37. The number of hydrogen-bond donors (Lipinski definition) is 1. The van der Waals surface area contributed by atoms with Crippen LogP contribution in [0.4, 0.5) is 0 Å². The van der Waals surface area contributed by atoms with Gasteiger partial charge in [0.05, 0.1) is 5.69 Å². The molecule has 0 radical (unpaired) electrons. The molecule has 0 unspecified atom stereocenters. The number of rotatable bonds is 4. The van der Waals surface area contributed by atoms with Crippen molar-refractivity contribution in [2.75, 3.05) is 0 Å². The average molecular weight is 220 g/mol. The van der Waals surface area contributed by atoms with Crippen LogP contribution < -0.4 is 5.56 Å². The predicted molar refractivity (Wildman–Crippen MR) is 60.6 cm³/mol. The Kier molecular flexibility index (Phi) is 2.90. The van der Waals surface area contributed by atoms with Crippen molar-refractivity contribution in [3.63, 3.8) is 0 Å². The van der Waals surface area contributed by atoms with E-state index in [4.69, 9.17) is 0 Å².